The molecule has 0 atom stereocenters. The van der Waals surface area contributed by atoms with Crippen LogP contribution in [0.25, 0.3) is 0 Å². The molecule has 4 heteroatoms. The molecule has 0 aromatic heterocycles. The highest BCUT2D eigenvalue weighted by Gasteiger charge is 1.89. The summed E-state index contributed by atoms with van der Waals surface area (Å²) in [7, 11) is 0. The topological polar surface area (TPSA) is 70.8 Å². The van der Waals surface area contributed by atoms with Gasteiger partial charge in [-0.05, 0) is 24.0 Å². The van der Waals surface area contributed by atoms with Crippen molar-refractivity contribution in [1.82, 2.24) is 0 Å². The zero-order chi connectivity index (χ0) is 15.6. The Morgan fingerprint density at radius 2 is 1.09 bits per heavy atom. The summed E-state index contributed by atoms with van der Waals surface area (Å²) in [5, 5.41) is 22.9. The Balaban J connectivity index is 1.66. The highest BCUT2D eigenvalue weighted by atomic mass is 16.3. The van der Waals surface area contributed by atoms with E-state index in [-0.39, 0.29) is 11.5 Å². The lowest BCUT2D eigenvalue weighted by molar-refractivity contribution is -0.269. The first-order valence-electron chi connectivity index (χ1n) is 7.29. The minimum Gasteiger partial charge on any atom is -0.872 e. The monoisotopic (exact) mass is 294 g/mol. The number of unbranched alkanes of at least 4 members (excludes halogenated alkanes) is 1. The van der Waals surface area contributed by atoms with Gasteiger partial charge in [0, 0.05) is 25.5 Å². The molecule has 0 N–H and O–H groups in total. The zero-order valence-corrected chi connectivity index (χ0v) is 12.3. The minimum atomic E-state index is -0.00729. The van der Waals surface area contributed by atoms with E-state index < -0.39 is 0 Å². The van der Waals surface area contributed by atoms with Crippen molar-refractivity contribution in [1.29, 1.82) is 0 Å². The molecule has 114 valence electrons. The standard InChI is InChI=1S/C18H20N2O2/c21-17-9-3-1-7-15(17)13-19-11-5-6-12-20-14-16-8-2-4-10-18(16)22/h1-4,7-10,13-14,21-22H,5-6,11-12H2/p-2. The maximum atomic E-state index is 11.5. The van der Waals surface area contributed by atoms with Crippen molar-refractivity contribution >= 4 is 12.4 Å². The van der Waals surface area contributed by atoms with E-state index in [1.54, 1.807) is 36.7 Å². The van der Waals surface area contributed by atoms with Crippen molar-refractivity contribution in [3.63, 3.8) is 0 Å². The lowest BCUT2D eigenvalue weighted by Gasteiger charge is -2.08. The van der Waals surface area contributed by atoms with E-state index in [2.05, 4.69) is 9.98 Å². The van der Waals surface area contributed by atoms with Crippen LogP contribution in [-0.2, 0) is 0 Å². The Hall–Kier alpha value is -2.62. The quantitative estimate of drug-likeness (QED) is 0.580. The van der Waals surface area contributed by atoms with Gasteiger partial charge in [0.15, 0.2) is 0 Å². The second-order valence-corrected chi connectivity index (χ2v) is 4.85. The van der Waals surface area contributed by atoms with Crippen molar-refractivity contribution in [2.45, 2.75) is 12.8 Å². The van der Waals surface area contributed by atoms with E-state index in [9.17, 15) is 10.2 Å². The number of rotatable bonds is 7. The Morgan fingerprint density at radius 1 is 0.682 bits per heavy atom. The first-order chi connectivity index (χ1) is 10.8. The van der Waals surface area contributed by atoms with E-state index in [1.165, 1.54) is 12.1 Å². The highest BCUT2D eigenvalue weighted by Crippen LogP contribution is 2.10. The van der Waals surface area contributed by atoms with Crippen molar-refractivity contribution in [2.24, 2.45) is 9.98 Å². The van der Waals surface area contributed by atoms with Gasteiger partial charge in [0.1, 0.15) is 0 Å². The third-order valence-corrected chi connectivity index (χ3v) is 3.12. The molecule has 2 rings (SSSR count). The first-order valence-corrected chi connectivity index (χ1v) is 7.29. The molecule has 0 aliphatic carbocycles. The number of nitrogens with zero attached hydrogens (tertiary/aromatic N) is 2. The van der Waals surface area contributed by atoms with Crippen molar-refractivity contribution in [2.75, 3.05) is 13.1 Å². The van der Waals surface area contributed by atoms with Crippen LogP contribution in [0, 0.1) is 0 Å². The van der Waals surface area contributed by atoms with Crippen LogP contribution in [0.4, 0.5) is 0 Å². The summed E-state index contributed by atoms with van der Waals surface area (Å²) in [5.74, 6) is -0.0146. The molecule has 0 saturated carbocycles. The van der Waals surface area contributed by atoms with Gasteiger partial charge in [0.05, 0.1) is 0 Å². The fourth-order valence-electron chi connectivity index (χ4n) is 1.91. The fraction of sp³-hybridized carbons (Fsp3) is 0.222. The predicted molar refractivity (Wildman–Crippen MR) is 85.9 cm³/mol. The van der Waals surface area contributed by atoms with Crippen LogP contribution in [0.2, 0.25) is 0 Å². The Labute approximate surface area is 130 Å². The molecule has 0 radical (unpaired) electrons. The maximum Gasteiger partial charge on any atom is 0.0390 e. The highest BCUT2D eigenvalue weighted by molar-refractivity contribution is 5.83. The number of hydrogen-bond donors (Lipinski definition) is 0. The molecule has 0 heterocycles. The third-order valence-electron chi connectivity index (χ3n) is 3.12. The lowest BCUT2D eigenvalue weighted by Crippen LogP contribution is -1.96. The number of para-hydroxylation sites is 2. The van der Waals surface area contributed by atoms with Crippen LogP contribution in [-0.4, -0.2) is 25.5 Å². The summed E-state index contributed by atoms with van der Waals surface area (Å²) in [5.41, 5.74) is 1.24. The summed E-state index contributed by atoms with van der Waals surface area (Å²) in [6, 6.07) is 13.7. The molecule has 2 aromatic carbocycles. The van der Waals surface area contributed by atoms with Gasteiger partial charge in [-0.3, -0.25) is 9.98 Å². The molecule has 2 aromatic rings. The van der Waals surface area contributed by atoms with E-state index in [4.69, 9.17) is 0 Å². The number of benzene rings is 2. The first kappa shape index (κ1) is 15.8. The van der Waals surface area contributed by atoms with Gasteiger partial charge in [-0.2, -0.15) is 0 Å². The van der Waals surface area contributed by atoms with E-state index in [0.29, 0.717) is 24.2 Å². The zero-order valence-electron chi connectivity index (χ0n) is 12.3. The second-order valence-electron chi connectivity index (χ2n) is 4.85. The van der Waals surface area contributed by atoms with E-state index in [1.807, 2.05) is 12.1 Å². The van der Waals surface area contributed by atoms with Crippen molar-refractivity contribution < 1.29 is 10.2 Å². The molecule has 0 aliphatic rings. The van der Waals surface area contributed by atoms with E-state index >= 15 is 0 Å². The maximum absolute atomic E-state index is 11.5. The third kappa shape index (κ3) is 5.05. The van der Waals surface area contributed by atoms with Gasteiger partial charge in [0.25, 0.3) is 0 Å². The largest absolute Gasteiger partial charge is 0.872 e. The number of hydrogen-bond acceptors (Lipinski definition) is 4. The van der Waals surface area contributed by atoms with E-state index in [0.717, 1.165) is 12.8 Å². The molecule has 0 bridgehead atoms. The summed E-state index contributed by atoms with van der Waals surface area (Å²) in [4.78, 5) is 8.49. The van der Waals surface area contributed by atoms with Crippen LogP contribution in [0.1, 0.15) is 24.0 Å². The normalized spacial score (nSPS) is 11.5. The summed E-state index contributed by atoms with van der Waals surface area (Å²) >= 11 is 0. The molecule has 0 unspecified atom stereocenters. The molecule has 0 aliphatic heterocycles. The summed E-state index contributed by atoms with van der Waals surface area (Å²) < 4.78 is 0. The van der Waals surface area contributed by atoms with Crippen LogP contribution >= 0.6 is 0 Å². The molecule has 0 amide bonds. The van der Waals surface area contributed by atoms with Gasteiger partial charge in [-0.25, -0.2) is 0 Å². The molecule has 0 spiro atoms. The summed E-state index contributed by atoms with van der Waals surface area (Å²) in [6.07, 6.45) is 5.04. The van der Waals surface area contributed by atoms with Crippen LogP contribution in [0.15, 0.2) is 58.5 Å². The molecular weight excluding hydrogens is 276 g/mol. The lowest BCUT2D eigenvalue weighted by atomic mass is 10.2. The number of aliphatic imine (C=N–C) groups is 2. The minimum absolute atomic E-state index is 0.00729. The average molecular weight is 294 g/mol. The Bertz CT molecular complexity index is 594. The van der Waals surface area contributed by atoms with Gasteiger partial charge < -0.3 is 10.2 Å². The molecule has 22 heavy (non-hydrogen) atoms. The van der Waals surface area contributed by atoms with Crippen LogP contribution in [0.3, 0.4) is 0 Å². The van der Waals surface area contributed by atoms with Crippen LogP contribution < -0.4 is 10.2 Å². The predicted octanol–water partition coefficient (Wildman–Crippen LogP) is 2.15. The van der Waals surface area contributed by atoms with Gasteiger partial charge >= 0.3 is 0 Å². The molecular formula is C18H18N2O2-2. The SMILES string of the molecule is [O-]c1ccccc1C=NCCCCN=Cc1ccccc1[O-]. The van der Waals surface area contributed by atoms with Gasteiger partial charge in [0.2, 0.25) is 0 Å². The molecule has 4 nitrogen and oxygen atoms in total. The van der Waals surface area contributed by atoms with Gasteiger partial charge in [-0.1, -0.05) is 48.5 Å². The Kier molecular flexibility index (Phi) is 6.18. The smallest absolute Gasteiger partial charge is 0.0390 e. The molecule has 0 fully saturated rings. The Morgan fingerprint density at radius 3 is 1.50 bits per heavy atom. The average Bonchev–Trinajstić information content (AvgIpc) is 2.53. The molecule has 0 saturated heterocycles. The fourth-order valence-corrected chi connectivity index (χ4v) is 1.91. The van der Waals surface area contributed by atoms with Gasteiger partial charge in [-0.15, -0.1) is 11.5 Å². The summed E-state index contributed by atoms with van der Waals surface area (Å²) in [6.45, 7) is 1.34. The van der Waals surface area contributed by atoms with Crippen molar-refractivity contribution in [3.8, 4) is 11.5 Å². The second kappa shape index (κ2) is 8.62. The van der Waals surface area contributed by atoms with Crippen molar-refractivity contribution in [3.05, 3.63) is 59.7 Å². The van der Waals surface area contributed by atoms with Crippen LogP contribution in [0.5, 0.6) is 11.5 Å².